The van der Waals surface area contributed by atoms with Crippen molar-refractivity contribution >= 4 is 5.91 Å². The molecule has 4 nitrogen and oxygen atoms in total. The number of amides is 1. The smallest absolute Gasteiger partial charge is 0.290 e. The Bertz CT molecular complexity index is 1150. The Morgan fingerprint density at radius 3 is 2.48 bits per heavy atom. The van der Waals surface area contributed by atoms with Gasteiger partial charge in [-0.15, -0.1) is 0 Å². The molecular formula is C24H19FN2O2. The molecular weight excluding hydrogens is 367 g/mol. The van der Waals surface area contributed by atoms with Gasteiger partial charge in [0.05, 0.1) is 6.04 Å². The van der Waals surface area contributed by atoms with Crippen LogP contribution < -0.4 is 0 Å². The zero-order valence-corrected chi connectivity index (χ0v) is 15.7. The number of halogens is 1. The summed E-state index contributed by atoms with van der Waals surface area (Å²) in [4.78, 5) is 15.2. The Labute approximate surface area is 167 Å². The lowest BCUT2D eigenvalue weighted by molar-refractivity contribution is 0.0632. The van der Waals surface area contributed by atoms with Crippen molar-refractivity contribution in [3.63, 3.8) is 0 Å². The fraction of sp³-hybridized carbons (Fsp3) is 0.125. The Balaban J connectivity index is 1.49. The fourth-order valence-electron chi connectivity index (χ4n) is 3.95. The van der Waals surface area contributed by atoms with Crippen LogP contribution in [0.15, 0.2) is 89.5 Å². The minimum absolute atomic E-state index is 0.153. The van der Waals surface area contributed by atoms with Crippen LogP contribution in [0.25, 0.3) is 11.3 Å². The number of aromatic nitrogens is 1. The zero-order valence-electron chi connectivity index (χ0n) is 15.7. The quantitative estimate of drug-likeness (QED) is 0.489. The molecule has 1 atom stereocenters. The van der Waals surface area contributed by atoms with Gasteiger partial charge in [0, 0.05) is 30.5 Å². The van der Waals surface area contributed by atoms with E-state index in [0.717, 1.165) is 23.4 Å². The molecule has 5 heteroatoms. The highest BCUT2D eigenvalue weighted by molar-refractivity contribution is 5.92. The maximum Gasteiger partial charge on any atom is 0.290 e. The summed E-state index contributed by atoms with van der Waals surface area (Å²) in [6, 6.07) is 23.4. The molecule has 1 aliphatic heterocycles. The van der Waals surface area contributed by atoms with Gasteiger partial charge in [0.1, 0.15) is 11.6 Å². The zero-order chi connectivity index (χ0) is 19.8. The molecule has 0 aliphatic carbocycles. The number of hydrogen-bond donors (Lipinski definition) is 0. The van der Waals surface area contributed by atoms with Gasteiger partial charge in [-0.25, -0.2) is 4.39 Å². The molecule has 0 bridgehead atoms. The van der Waals surface area contributed by atoms with E-state index in [1.165, 1.54) is 12.1 Å². The van der Waals surface area contributed by atoms with Gasteiger partial charge >= 0.3 is 0 Å². The van der Waals surface area contributed by atoms with E-state index in [0.29, 0.717) is 12.3 Å². The van der Waals surface area contributed by atoms with Crippen LogP contribution in [0.3, 0.4) is 0 Å². The Morgan fingerprint density at radius 1 is 0.897 bits per heavy atom. The van der Waals surface area contributed by atoms with Gasteiger partial charge in [-0.2, -0.15) is 0 Å². The number of fused-ring (bicyclic) bond motifs is 1. The van der Waals surface area contributed by atoms with Gasteiger partial charge in [0.15, 0.2) is 5.76 Å². The lowest BCUT2D eigenvalue weighted by atomic mass is 9.99. The van der Waals surface area contributed by atoms with Crippen LogP contribution in [0.2, 0.25) is 0 Å². The maximum absolute atomic E-state index is 13.4. The predicted molar refractivity (Wildman–Crippen MR) is 108 cm³/mol. The highest BCUT2D eigenvalue weighted by Crippen LogP contribution is 2.34. The van der Waals surface area contributed by atoms with Crippen LogP contribution in [0, 0.1) is 5.82 Å². The molecule has 0 saturated heterocycles. The first-order valence-electron chi connectivity index (χ1n) is 9.57. The fourth-order valence-corrected chi connectivity index (χ4v) is 3.95. The second kappa shape index (κ2) is 7.09. The third-order valence-electron chi connectivity index (χ3n) is 5.36. The number of furan rings is 1. The normalized spacial score (nSPS) is 15.9. The standard InChI is InChI=1S/C24H19FN2O2/c25-19-10-8-17(9-11-19)21-12-13-22(29-21)24(28)27-16-15-26-14-4-7-20(26)23(27)18-5-2-1-3-6-18/h1-14,23H,15-16H2. The molecule has 2 aromatic carbocycles. The van der Waals surface area contributed by atoms with Crippen molar-refractivity contribution in [2.45, 2.75) is 12.6 Å². The second-order valence-corrected chi connectivity index (χ2v) is 7.11. The third kappa shape index (κ3) is 3.14. The summed E-state index contributed by atoms with van der Waals surface area (Å²) in [7, 11) is 0. The molecule has 1 aliphatic rings. The van der Waals surface area contributed by atoms with E-state index in [1.54, 1.807) is 24.3 Å². The van der Waals surface area contributed by atoms with Gasteiger partial charge < -0.3 is 13.9 Å². The number of rotatable bonds is 3. The lowest BCUT2D eigenvalue weighted by Gasteiger charge is -2.36. The van der Waals surface area contributed by atoms with E-state index >= 15 is 0 Å². The lowest BCUT2D eigenvalue weighted by Crippen LogP contribution is -2.42. The van der Waals surface area contributed by atoms with Crippen molar-refractivity contribution < 1.29 is 13.6 Å². The Kier molecular flexibility index (Phi) is 4.28. The van der Waals surface area contributed by atoms with Gasteiger partial charge in [0.25, 0.3) is 5.91 Å². The van der Waals surface area contributed by atoms with Crippen molar-refractivity contribution in [3.05, 3.63) is 108 Å². The highest BCUT2D eigenvalue weighted by Gasteiger charge is 2.33. The van der Waals surface area contributed by atoms with Crippen LogP contribution in [0.5, 0.6) is 0 Å². The molecule has 144 valence electrons. The monoisotopic (exact) mass is 386 g/mol. The minimum Gasteiger partial charge on any atom is -0.451 e. The predicted octanol–water partition coefficient (Wildman–Crippen LogP) is 5.13. The van der Waals surface area contributed by atoms with Crippen LogP contribution in [0.1, 0.15) is 27.9 Å². The number of nitrogens with zero attached hydrogens (tertiary/aromatic N) is 2. The van der Waals surface area contributed by atoms with Crippen LogP contribution in [-0.4, -0.2) is 21.9 Å². The molecule has 5 rings (SSSR count). The average molecular weight is 386 g/mol. The molecule has 0 saturated carbocycles. The first-order chi connectivity index (χ1) is 14.2. The SMILES string of the molecule is O=C(c1ccc(-c2ccc(F)cc2)o1)N1CCn2cccc2C1c1ccccc1. The average Bonchev–Trinajstić information content (AvgIpc) is 3.43. The first kappa shape index (κ1) is 17.5. The molecule has 2 aromatic heterocycles. The van der Waals surface area contributed by atoms with Crippen LogP contribution >= 0.6 is 0 Å². The van der Waals surface area contributed by atoms with E-state index in [-0.39, 0.29) is 23.5 Å². The number of carbonyl (C=O) groups is 1. The van der Waals surface area contributed by atoms with E-state index in [4.69, 9.17) is 4.42 Å². The summed E-state index contributed by atoms with van der Waals surface area (Å²) in [5.74, 6) is 0.369. The van der Waals surface area contributed by atoms with Gasteiger partial charge in [-0.1, -0.05) is 30.3 Å². The van der Waals surface area contributed by atoms with Crippen molar-refractivity contribution in [2.24, 2.45) is 0 Å². The van der Waals surface area contributed by atoms with E-state index in [2.05, 4.69) is 10.6 Å². The van der Waals surface area contributed by atoms with E-state index < -0.39 is 0 Å². The molecule has 1 amide bonds. The number of hydrogen-bond acceptors (Lipinski definition) is 2. The Hall–Kier alpha value is -3.60. The first-order valence-corrected chi connectivity index (χ1v) is 9.57. The molecule has 1 unspecified atom stereocenters. The van der Waals surface area contributed by atoms with E-state index in [1.807, 2.05) is 47.5 Å². The summed E-state index contributed by atoms with van der Waals surface area (Å²) in [6.07, 6.45) is 2.05. The highest BCUT2D eigenvalue weighted by atomic mass is 19.1. The molecule has 0 fully saturated rings. The molecule has 3 heterocycles. The summed E-state index contributed by atoms with van der Waals surface area (Å²) in [6.45, 7) is 1.33. The van der Waals surface area contributed by atoms with Gasteiger partial charge in [-0.05, 0) is 54.1 Å². The van der Waals surface area contributed by atoms with Gasteiger partial charge in [-0.3, -0.25) is 4.79 Å². The third-order valence-corrected chi connectivity index (χ3v) is 5.36. The molecule has 0 N–H and O–H groups in total. The largest absolute Gasteiger partial charge is 0.451 e. The number of carbonyl (C=O) groups excluding carboxylic acids is 1. The molecule has 0 radical (unpaired) electrons. The summed E-state index contributed by atoms with van der Waals surface area (Å²) in [5, 5.41) is 0. The number of benzene rings is 2. The summed E-state index contributed by atoms with van der Waals surface area (Å²) < 4.78 is 21.2. The topological polar surface area (TPSA) is 38.4 Å². The second-order valence-electron chi connectivity index (χ2n) is 7.11. The van der Waals surface area contributed by atoms with Crippen LogP contribution in [0.4, 0.5) is 4.39 Å². The van der Waals surface area contributed by atoms with Crippen molar-refractivity contribution in [1.82, 2.24) is 9.47 Å². The molecule has 0 spiro atoms. The van der Waals surface area contributed by atoms with Crippen molar-refractivity contribution in [3.8, 4) is 11.3 Å². The van der Waals surface area contributed by atoms with Gasteiger partial charge in [0.2, 0.25) is 0 Å². The minimum atomic E-state index is -0.307. The van der Waals surface area contributed by atoms with Crippen LogP contribution in [-0.2, 0) is 6.54 Å². The molecule has 4 aromatic rings. The summed E-state index contributed by atoms with van der Waals surface area (Å²) in [5.41, 5.74) is 2.88. The molecule has 29 heavy (non-hydrogen) atoms. The summed E-state index contributed by atoms with van der Waals surface area (Å²) >= 11 is 0. The Morgan fingerprint density at radius 2 is 1.69 bits per heavy atom. The van der Waals surface area contributed by atoms with E-state index in [9.17, 15) is 9.18 Å². The maximum atomic E-state index is 13.4. The van der Waals surface area contributed by atoms with Crippen molar-refractivity contribution in [2.75, 3.05) is 6.54 Å². The van der Waals surface area contributed by atoms with Crippen molar-refractivity contribution in [1.29, 1.82) is 0 Å².